The standard InChI is InChI=1S/C15H24N4O2.ClH/c16-15(8-4-9-15)14-18-12(21-19-14)7-10-17-13(20)11-5-2-1-3-6-11;/h11H,1-10,16H2,(H,17,20);1H. The van der Waals surface area contributed by atoms with Gasteiger partial charge in [0.1, 0.15) is 0 Å². The van der Waals surface area contributed by atoms with E-state index in [2.05, 4.69) is 15.5 Å². The number of nitrogens with zero attached hydrogens (tertiary/aromatic N) is 2. The fourth-order valence-electron chi connectivity index (χ4n) is 3.14. The highest BCUT2D eigenvalue weighted by Gasteiger charge is 2.38. The van der Waals surface area contributed by atoms with Gasteiger partial charge in [-0.2, -0.15) is 4.98 Å². The summed E-state index contributed by atoms with van der Waals surface area (Å²) in [6.07, 6.45) is 9.18. The molecular formula is C15H25ClN4O2. The molecule has 0 saturated heterocycles. The largest absolute Gasteiger partial charge is 0.355 e. The van der Waals surface area contributed by atoms with E-state index in [1.807, 2.05) is 0 Å². The van der Waals surface area contributed by atoms with E-state index >= 15 is 0 Å². The van der Waals surface area contributed by atoms with E-state index in [9.17, 15) is 4.79 Å². The van der Waals surface area contributed by atoms with E-state index in [-0.39, 0.29) is 29.8 Å². The number of hydrogen-bond acceptors (Lipinski definition) is 5. The lowest BCUT2D eigenvalue weighted by Gasteiger charge is -2.34. The van der Waals surface area contributed by atoms with E-state index in [0.29, 0.717) is 24.7 Å². The Kier molecular flexibility index (Phi) is 5.81. The molecule has 0 bridgehead atoms. The molecule has 1 amide bonds. The highest BCUT2D eigenvalue weighted by Crippen LogP contribution is 2.36. The summed E-state index contributed by atoms with van der Waals surface area (Å²) in [7, 11) is 0. The molecule has 2 aliphatic rings. The maximum absolute atomic E-state index is 12.0. The smallest absolute Gasteiger partial charge is 0.228 e. The fraction of sp³-hybridized carbons (Fsp3) is 0.800. The predicted molar refractivity (Wildman–Crippen MR) is 84.6 cm³/mol. The van der Waals surface area contributed by atoms with Crippen molar-refractivity contribution in [2.75, 3.05) is 6.54 Å². The van der Waals surface area contributed by atoms with Crippen LogP contribution in [0.2, 0.25) is 0 Å². The van der Waals surface area contributed by atoms with Crippen molar-refractivity contribution in [1.29, 1.82) is 0 Å². The molecule has 7 heteroatoms. The van der Waals surface area contributed by atoms with E-state index in [4.69, 9.17) is 10.3 Å². The Labute approximate surface area is 137 Å². The second-order valence-electron chi connectivity index (χ2n) is 6.40. The van der Waals surface area contributed by atoms with Gasteiger partial charge >= 0.3 is 0 Å². The average molecular weight is 329 g/mol. The van der Waals surface area contributed by atoms with Crippen LogP contribution in [0, 0.1) is 5.92 Å². The normalized spacial score (nSPS) is 20.8. The highest BCUT2D eigenvalue weighted by atomic mass is 35.5. The molecule has 22 heavy (non-hydrogen) atoms. The molecule has 0 atom stereocenters. The van der Waals surface area contributed by atoms with Gasteiger partial charge in [-0.15, -0.1) is 12.4 Å². The minimum absolute atomic E-state index is 0. The van der Waals surface area contributed by atoms with Gasteiger partial charge in [0.05, 0.1) is 5.54 Å². The van der Waals surface area contributed by atoms with Crippen molar-refractivity contribution in [2.45, 2.75) is 63.3 Å². The number of nitrogens with two attached hydrogens (primary N) is 1. The average Bonchev–Trinajstić information content (AvgIpc) is 2.95. The molecule has 2 fully saturated rings. The number of aromatic nitrogens is 2. The Bertz CT molecular complexity index is 495. The van der Waals surface area contributed by atoms with Crippen molar-refractivity contribution < 1.29 is 9.32 Å². The number of carbonyl (C=O) groups is 1. The lowest BCUT2D eigenvalue weighted by molar-refractivity contribution is -0.125. The molecule has 124 valence electrons. The van der Waals surface area contributed by atoms with Gasteiger partial charge in [0, 0.05) is 18.9 Å². The molecular weight excluding hydrogens is 304 g/mol. The SMILES string of the molecule is Cl.NC1(c2noc(CCNC(=O)C3CCCCC3)n2)CCC1. The lowest BCUT2D eigenvalue weighted by Crippen LogP contribution is -2.44. The third-order valence-corrected chi connectivity index (χ3v) is 4.77. The Hall–Kier alpha value is -1.14. The second-order valence-corrected chi connectivity index (χ2v) is 6.40. The van der Waals surface area contributed by atoms with E-state index < -0.39 is 0 Å². The van der Waals surface area contributed by atoms with Crippen LogP contribution in [-0.2, 0) is 16.8 Å². The Morgan fingerprint density at radius 2 is 2.00 bits per heavy atom. The fourth-order valence-corrected chi connectivity index (χ4v) is 3.14. The molecule has 6 nitrogen and oxygen atoms in total. The Balaban J connectivity index is 0.00000176. The molecule has 2 aliphatic carbocycles. The molecule has 1 aromatic rings. The van der Waals surface area contributed by atoms with Crippen LogP contribution >= 0.6 is 12.4 Å². The summed E-state index contributed by atoms with van der Waals surface area (Å²) < 4.78 is 5.22. The summed E-state index contributed by atoms with van der Waals surface area (Å²) in [5, 5.41) is 6.95. The van der Waals surface area contributed by atoms with Gasteiger partial charge in [0.25, 0.3) is 0 Å². The topological polar surface area (TPSA) is 94.0 Å². The number of rotatable bonds is 5. The summed E-state index contributed by atoms with van der Waals surface area (Å²) in [4.78, 5) is 16.4. The van der Waals surface area contributed by atoms with Crippen molar-refractivity contribution in [1.82, 2.24) is 15.5 Å². The molecule has 2 saturated carbocycles. The van der Waals surface area contributed by atoms with Crippen molar-refractivity contribution in [3.8, 4) is 0 Å². The van der Waals surface area contributed by atoms with Crippen LogP contribution in [0.3, 0.4) is 0 Å². The molecule has 0 aromatic carbocycles. The van der Waals surface area contributed by atoms with Crippen LogP contribution < -0.4 is 11.1 Å². The first kappa shape index (κ1) is 17.2. The quantitative estimate of drug-likeness (QED) is 0.862. The molecule has 1 aromatic heterocycles. The second kappa shape index (κ2) is 7.42. The summed E-state index contributed by atoms with van der Waals surface area (Å²) in [5.41, 5.74) is 5.78. The Morgan fingerprint density at radius 1 is 1.27 bits per heavy atom. The summed E-state index contributed by atoms with van der Waals surface area (Å²) >= 11 is 0. The molecule has 3 N–H and O–H groups in total. The van der Waals surface area contributed by atoms with Gasteiger partial charge < -0.3 is 15.6 Å². The lowest BCUT2D eigenvalue weighted by atomic mass is 9.77. The number of amides is 1. The third kappa shape index (κ3) is 3.79. The van der Waals surface area contributed by atoms with E-state index in [0.717, 1.165) is 32.1 Å². The van der Waals surface area contributed by atoms with E-state index in [1.165, 1.54) is 19.3 Å². The summed E-state index contributed by atoms with van der Waals surface area (Å²) in [5.74, 6) is 1.54. The van der Waals surface area contributed by atoms with Gasteiger partial charge in [-0.25, -0.2) is 0 Å². The number of halogens is 1. The van der Waals surface area contributed by atoms with Gasteiger partial charge in [0.15, 0.2) is 5.82 Å². The van der Waals surface area contributed by atoms with Crippen LogP contribution in [0.15, 0.2) is 4.52 Å². The molecule has 3 rings (SSSR count). The number of hydrogen-bond donors (Lipinski definition) is 2. The first-order valence-corrected chi connectivity index (χ1v) is 8.07. The minimum Gasteiger partial charge on any atom is -0.355 e. The molecule has 1 heterocycles. The number of nitrogens with one attached hydrogen (secondary N) is 1. The van der Waals surface area contributed by atoms with Crippen LogP contribution in [-0.4, -0.2) is 22.6 Å². The van der Waals surface area contributed by atoms with Gasteiger partial charge in [-0.3, -0.25) is 4.79 Å². The van der Waals surface area contributed by atoms with Gasteiger partial charge in [-0.05, 0) is 32.1 Å². The first-order chi connectivity index (χ1) is 10.2. The maximum Gasteiger partial charge on any atom is 0.228 e. The Morgan fingerprint density at radius 3 is 2.64 bits per heavy atom. The predicted octanol–water partition coefficient (Wildman–Crippen LogP) is 2.07. The van der Waals surface area contributed by atoms with Crippen molar-refractivity contribution in [3.63, 3.8) is 0 Å². The monoisotopic (exact) mass is 328 g/mol. The zero-order valence-electron chi connectivity index (χ0n) is 12.8. The summed E-state index contributed by atoms with van der Waals surface area (Å²) in [6.45, 7) is 0.550. The van der Waals surface area contributed by atoms with E-state index in [1.54, 1.807) is 0 Å². The van der Waals surface area contributed by atoms with Crippen LogP contribution in [0.1, 0.15) is 63.1 Å². The van der Waals surface area contributed by atoms with Crippen LogP contribution in [0.4, 0.5) is 0 Å². The molecule has 0 aliphatic heterocycles. The zero-order chi connectivity index (χ0) is 14.7. The first-order valence-electron chi connectivity index (χ1n) is 8.07. The van der Waals surface area contributed by atoms with Crippen molar-refractivity contribution in [2.24, 2.45) is 11.7 Å². The minimum atomic E-state index is -0.382. The molecule has 0 unspecified atom stereocenters. The van der Waals surface area contributed by atoms with Gasteiger partial charge in [-0.1, -0.05) is 24.4 Å². The third-order valence-electron chi connectivity index (χ3n) is 4.77. The van der Waals surface area contributed by atoms with Gasteiger partial charge in [0.2, 0.25) is 11.8 Å². The highest BCUT2D eigenvalue weighted by molar-refractivity contribution is 5.85. The molecule has 0 spiro atoms. The maximum atomic E-state index is 12.0. The zero-order valence-corrected chi connectivity index (χ0v) is 13.7. The number of carbonyl (C=O) groups excluding carboxylic acids is 1. The molecule has 0 radical (unpaired) electrons. The van der Waals surface area contributed by atoms with Crippen molar-refractivity contribution in [3.05, 3.63) is 11.7 Å². The summed E-state index contributed by atoms with van der Waals surface area (Å²) in [6, 6.07) is 0. The van der Waals surface area contributed by atoms with Crippen molar-refractivity contribution >= 4 is 18.3 Å². The van der Waals surface area contributed by atoms with Crippen LogP contribution in [0.25, 0.3) is 0 Å². The van der Waals surface area contributed by atoms with Crippen LogP contribution in [0.5, 0.6) is 0 Å².